The van der Waals surface area contributed by atoms with Crippen molar-refractivity contribution in [3.63, 3.8) is 0 Å². The van der Waals surface area contributed by atoms with Crippen LogP contribution < -0.4 is 10.6 Å². The Kier molecular flexibility index (Phi) is 6.30. The summed E-state index contributed by atoms with van der Waals surface area (Å²) in [5.41, 5.74) is 0. The predicted octanol–water partition coefficient (Wildman–Crippen LogP) is 0.914. The molecule has 0 aromatic rings. The second-order valence-corrected chi connectivity index (χ2v) is 5.34. The number of carbonyl (C=O) groups excluding carboxylic acids is 2. The van der Waals surface area contributed by atoms with Gasteiger partial charge in [-0.3, -0.25) is 9.59 Å². The fraction of sp³-hybridized carbons (Fsp3) is 0.818. The Bertz CT molecular complexity index is 240. The third-order valence-corrected chi connectivity index (χ3v) is 3.95. The summed E-state index contributed by atoms with van der Waals surface area (Å²) in [6.07, 6.45) is 5.12. The zero-order chi connectivity index (χ0) is 11.8. The first kappa shape index (κ1) is 13.4. The third-order valence-electron chi connectivity index (χ3n) is 2.57. The third kappa shape index (κ3) is 6.00. The van der Waals surface area contributed by atoms with Crippen LogP contribution in [0.25, 0.3) is 0 Å². The molecule has 2 N–H and O–H groups in total. The maximum Gasteiger partial charge on any atom is 0.230 e. The molecular weight excluding hydrogens is 224 g/mol. The first-order valence-electron chi connectivity index (χ1n) is 5.81. The van der Waals surface area contributed by atoms with Crippen LogP contribution in [0.4, 0.5) is 0 Å². The summed E-state index contributed by atoms with van der Waals surface area (Å²) in [6.45, 7) is 2.50. The lowest BCUT2D eigenvalue weighted by Gasteiger charge is -2.09. The van der Waals surface area contributed by atoms with E-state index in [0.717, 1.165) is 0 Å². The van der Waals surface area contributed by atoms with Gasteiger partial charge >= 0.3 is 0 Å². The standard InChI is InChI=1S/C11H20N2O2S/c1-9(14)12-6-7-13-11(15)8-16-10-4-2-3-5-10/h10H,2-8H2,1H3,(H,12,14)(H,13,15). The van der Waals surface area contributed by atoms with E-state index in [1.807, 2.05) is 0 Å². The van der Waals surface area contributed by atoms with Gasteiger partial charge in [-0.05, 0) is 12.8 Å². The summed E-state index contributed by atoms with van der Waals surface area (Å²) in [5, 5.41) is 6.11. The van der Waals surface area contributed by atoms with Crippen molar-refractivity contribution < 1.29 is 9.59 Å². The molecule has 0 atom stereocenters. The van der Waals surface area contributed by atoms with Gasteiger partial charge in [0.2, 0.25) is 11.8 Å². The molecule has 1 fully saturated rings. The molecular formula is C11H20N2O2S. The van der Waals surface area contributed by atoms with Gasteiger partial charge in [0, 0.05) is 25.3 Å². The first-order chi connectivity index (χ1) is 7.68. The summed E-state index contributed by atoms with van der Waals surface area (Å²) < 4.78 is 0. The normalized spacial score (nSPS) is 16.1. The van der Waals surface area contributed by atoms with Gasteiger partial charge in [-0.2, -0.15) is 0 Å². The zero-order valence-corrected chi connectivity index (χ0v) is 10.6. The number of amides is 2. The number of hydrogen-bond donors (Lipinski definition) is 2. The van der Waals surface area contributed by atoms with Gasteiger partial charge in [-0.1, -0.05) is 12.8 Å². The largest absolute Gasteiger partial charge is 0.355 e. The molecule has 0 spiro atoms. The van der Waals surface area contributed by atoms with E-state index < -0.39 is 0 Å². The Morgan fingerprint density at radius 1 is 1.19 bits per heavy atom. The highest BCUT2D eigenvalue weighted by molar-refractivity contribution is 8.00. The lowest BCUT2D eigenvalue weighted by molar-refractivity contribution is -0.120. The minimum absolute atomic E-state index is 0.0606. The van der Waals surface area contributed by atoms with Gasteiger partial charge in [-0.15, -0.1) is 11.8 Å². The fourth-order valence-electron chi connectivity index (χ4n) is 1.74. The van der Waals surface area contributed by atoms with Crippen LogP contribution in [-0.4, -0.2) is 35.9 Å². The Labute approximate surface area is 101 Å². The number of carbonyl (C=O) groups is 2. The van der Waals surface area contributed by atoms with Crippen molar-refractivity contribution in [1.82, 2.24) is 10.6 Å². The minimum atomic E-state index is -0.0606. The van der Waals surface area contributed by atoms with Gasteiger partial charge in [0.15, 0.2) is 0 Å². The monoisotopic (exact) mass is 244 g/mol. The van der Waals surface area contributed by atoms with E-state index >= 15 is 0 Å². The molecule has 92 valence electrons. The number of rotatable bonds is 6. The Hall–Kier alpha value is -0.710. The highest BCUT2D eigenvalue weighted by Crippen LogP contribution is 2.28. The maximum absolute atomic E-state index is 11.4. The average molecular weight is 244 g/mol. The zero-order valence-electron chi connectivity index (χ0n) is 9.75. The molecule has 5 heteroatoms. The summed E-state index contributed by atoms with van der Waals surface area (Å²) >= 11 is 1.76. The van der Waals surface area contributed by atoms with Crippen molar-refractivity contribution in [2.75, 3.05) is 18.8 Å². The number of nitrogens with one attached hydrogen (secondary N) is 2. The summed E-state index contributed by atoms with van der Waals surface area (Å²) in [6, 6.07) is 0. The first-order valence-corrected chi connectivity index (χ1v) is 6.86. The van der Waals surface area contributed by atoms with Gasteiger partial charge in [0.05, 0.1) is 5.75 Å². The Morgan fingerprint density at radius 3 is 2.44 bits per heavy atom. The Morgan fingerprint density at radius 2 is 1.81 bits per heavy atom. The van der Waals surface area contributed by atoms with Crippen LogP contribution in [0.3, 0.4) is 0 Å². The molecule has 4 nitrogen and oxygen atoms in total. The highest BCUT2D eigenvalue weighted by atomic mass is 32.2. The van der Waals surface area contributed by atoms with Crippen molar-refractivity contribution in [3.05, 3.63) is 0 Å². The molecule has 0 aliphatic heterocycles. The van der Waals surface area contributed by atoms with Crippen molar-refractivity contribution >= 4 is 23.6 Å². The second-order valence-electron chi connectivity index (χ2n) is 4.05. The van der Waals surface area contributed by atoms with Crippen LogP contribution in [0.5, 0.6) is 0 Å². The maximum atomic E-state index is 11.4. The second kappa shape index (κ2) is 7.54. The summed E-state index contributed by atoms with van der Waals surface area (Å²) in [5.74, 6) is 0.557. The van der Waals surface area contributed by atoms with E-state index in [1.165, 1.54) is 32.6 Å². The van der Waals surface area contributed by atoms with E-state index in [1.54, 1.807) is 11.8 Å². The van der Waals surface area contributed by atoms with Gasteiger partial charge in [0.25, 0.3) is 0 Å². The number of hydrogen-bond acceptors (Lipinski definition) is 3. The molecule has 2 amide bonds. The quantitative estimate of drug-likeness (QED) is 0.683. The molecule has 1 aliphatic rings. The highest BCUT2D eigenvalue weighted by Gasteiger charge is 2.16. The molecule has 0 bridgehead atoms. The fourth-order valence-corrected chi connectivity index (χ4v) is 2.90. The molecule has 1 rings (SSSR count). The molecule has 1 aliphatic carbocycles. The molecule has 16 heavy (non-hydrogen) atoms. The molecule has 0 aromatic carbocycles. The molecule has 0 unspecified atom stereocenters. The summed E-state index contributed by atoms with van der Waals surface area (Å²) in [7, 11) is 0. The molecule has 0 saturated heterocycles. The van der Waals surface area contributed by atoms with Crippen molar-refractivity contribution in [3.8, 4) is 0 Å². The van der Waals surface area contributed by atoms with E-state index in [4.69, 9.17) is 0 Å². The smallest absolute Gasteiger partial charge is 0.230 e. The van der Waals surface area contributed by atoms with Crippen molar-refractivity contribution in [2.24, 2.45) is 0 Å². The van der Waals surface area contributed by atoms with E-state index in [9.17, 15) is 9.59 Å². The van der Waals surface area contributed by atoms with Crippen LogP contribution in [0.1, 0.15) is 32.6 Å². The lowest BCUT2D eigenvalue weighted by atomic mass is 10.4. The molecule has 0 heterocycles. The molecule has 1 saturated carbocycles. The topological polar surface area (TPSA) is 58.2 Å². The summed E-state index contributed by atoms with van der Waals surface area (Å²) in [4.78, 5) is 22.0. The van der Waals surface area contributed by atoms with Crippen LogP contribution in [0, 0.1) is 0 Å². The molecule has 0 radical (unpaired) electrons. The van der Waals surface area contributed by atoms with Crippen LogP contribution in [-0.2, 0) is 9.59 Å². The van der Waals surface area contributed by atoms with Crippen LogP contribution >= 0.6 is 11.8 Å². The molecule has 0 aromatic heterocycles. The lowest BCUT2D eigenvalue weighted by Crippen LogP contribution is -2.34. The van der Waals surface area contributed by atoms with E-state index in [2.05, 4.69) is 10.6 Å². The van der Waals surface area contributed by atoms with Crippen LogP contribution in [0.2, 0.25) is 0 Å². The Balaban J connectivity index is 1.95. The van der Waals surface area contributed by atoms with E-state index in [-0.39, 0.29) is 11.8 Å². The average Bonchev–Trinajstić information content (AvgIpc) is 2.74. The van der Waals surface area contributed by atoms with Gasteiger partial charge < -0.3 is 10.6 Å². The van der Waals surface area contributed by atoms with Crippen molar-refractivity contribution in [2.45, 2.75) is 37.9 Å². The SMILES string of the molecule is CC(=O)NCCNC(=O)CSC1CCCC1. The van der Waals surface area contributed by atoms with Crippen molar-refractivity contribution in [1.29, 1.82) is 0 Å². The van der Waals surface area contributed by atoms with Gasteiger partial charge in [-0.25, -0.2) is 0 Å². The van der Waals surface area contributed by atoms with E-state index in [0.29, 0.717) is 24.1 Å². The van der Waals surface area contributed by atoms with Gasteiger partial charge in [0.1, 0.15) is 0 Å². The predicted molar refractivity (Wildman–Crippen MR) is 66.4 cm³/mol. The van der Waals surface area contributed by atoms with Crippen LogP contribution in [0.15, 0.2) is 0 Å². The number of thioether (sulfide) groups is 1. The minimum Gasteiger partial charge on any atom is -0.355 e.